The molecule has 9 nitrogen and oxygen atoms in total. The number of carbonyl (C=O) groups excluding carboxylic acids is 2. The van der Waals surface area contributed by atoms with Crippen molar-refractivity contribution in [3.8, 4) is 6.07 Å². The SMILES string of the molecule is N#C/C(=N\Nc1ccccc1C(=O)N1CCN(C(=O)c2ccccc2)CC1)C(=N)N. The van der Waals surface area contributed by atoms with Crippen LogP contribution < -0.4 is 11.2 Å². The van der Waals surface area contributed by atoms with Crippen LogP contribution in [0.25, 0.3) is 0 Å². The second-order valence-corrected chi connectivity index (χ2v) is 6.59. The van der Waals surface area contributed by atoms with Crippen LogP contribution in [0.4, 0.5) is 5.69 Å². The van der Waals surface area contributed by atoms with E-state index in [0.29, 0.717) is 43.0 Å². The second-order valence-electron chi connectivity index (χ2n) is 6.59. The van der Waals surface area contributed by atoms with Crippen LogP contribution >= 0.6 is 0 Å². The van der Waals surface area contributed by atoms with E-state index in [-0.39, 0.29) is 17.5 Å². The number of benzene rings is 2. The van der Waals surface area contributed by atoms with Gasteiger partial charge in [-0.05, 0) is 24.3 Å². The van der Waals surface area contributed by atoms with Crippen molar-refractivity contribution in [3.63, 3.8) is 0 Å². The Labute approximate surface area is 173 Å². The Morgan fingerprint density at radius 1 is 0.967 bits per heavy atom. The van der Waals surface area contributed by atoms with Gasteiger partial charge < -0.3 is 15.5 Å². The Hall–Kier alpha value is -4.19. The molecule has 2 amide bonds. The molecule has 2 aromatic rings. The standard InChI is InChI=1S/C21H21N7O2/c22-14-18(19(23)24)26-25-17-9-5-4-8-16(17)21(30)28-12-10-27(11-13-28)20(29)15-6-2-1-3-7-15/h1-9,25H,10-13H2,(H3,23,24)/b26-18+. The first kappa shape index (κ1) is 20.5. The van der Waals surface area contributed by atoms with E-state index in [1.165, 1.54) is 0 Å². The van der Waals surface area contributed by atoms with E-state index in [2.05, 4.69) is 10.5 Å². The normalized spacial score (nSPS) is 14.0. The molecule has 30 heavy (non-hydrogen) atoms. The molecule has 0 radical (unpaired) electrons. The summed E-state index contributed by atoms with van der Waals surface area (Å²) in [6.45, 7) is 1.70. The lowest BCUT2D eigenvalue weighted by molar-refractivity contribution is 0.0536. The molecule has 0 atom stereocenters. The number of carbonyl (C=O) groups is 2. The number of amides is 2. The number of piperazine rings is 1. The van der Waals surface area contributed by atoms with Gasteiger partial charge in [0.2, 0.25) is 5.71 Å². The maximum absolute atomic E-state index is 13.0. The van der Waals surface area contributed by atoms with Crippen LogP contribution in [0.3, 0.4) is 0 Å². The van der Waals surface area contributed by atoms with Crippen molar-refractivity contribution >= 4 is 29.0 Å². The van der Waals surface area contributed by atoms with Gasteiger partial charge in [-0.3, -0.25) is 20.4 Å². The van der Waals surface area contributed by atoms with Crippen LogP contribution in [-0.4, -0.2) is 59.3 Å². The third-order valence-electron chi connectivity index (χ3n) is 4.68. The molecule has 0 aliphatic carbocycles. The fraction of sp³-hybridized carbons (Fsp3) is 0.190. The summed E-state index contributed by atoms with van der Waals surface area (Å²) < 4.78 is 0. The maximum atomic E-state index is 13.0. The number of hydrogen-bond donors (Lipinski definition) is 3. The highest BCUT2D eigenvalue weighted by Gasteiger charge is 2.26. The molecule has 0 aromatic heterocycles. The van der Waals surface area contributed by atoms with Crippen molar-refractivity contribution in [1.29, 1.82) is 10.7 Å². The van der Waals surface area contributed by atoms with Gasteiger partial charge in [-0.25, -0.2) is 0 Å². The van der Waals surface area contributed by atoms with Crippen molar-refractivity contribution in [1.82, 2.24) is 9.80 Å². The number of amidine groups is 1. The molecule has 1 aliphatic heterocycles. The monoisotopic (exact) mass is 403 g/mol. The zero-order valence-electron chi connectivity index (χ0n) is 16.2. The quantitative estimate of drug-likeness (QED) is 0.395. The van der Waals surface area contributed by atoms with E-state index in [1.54, 1.807) is 52.3 Å². The highest BCUT2D eigenvalue weighted by molar-refractivity contribution is 6.45. The molecular weight excluding hydrogens is 382 g/mol. The van der Waals surface area contributed by atoms with Crippen LogP contribution in [0.15, 0.2) is 59.7 Å². The number of nitrogens with one attached hydrogen (secondary N) is 2. The highest BCUT2D eigenvalue weighted by Crippen LogP contribution is 2.19. The molecule has 1 aliphatic rings. The molecule has 0 bridgehead atoms. The van der Waals surface area contributed by atoms with Crippen molar-refractivity contribution in [2.75, 3.05) is 31.6 Å². The summed E-state index contributed by atoms with van der Waals surface area (Å²) in [6, 6.07) is 17.5. The largest absolute Gasteiger partial charge is 0.382 e. The van der Waals surface area contributed by atoms with Crippen molar-refractivity contribution in [2.24, 2.45) is 10.8 Å². The number of nitrogens with zero attached hydrogens (tertiary/aromatic N) is 4. The first-order chi connectivity index (χ1) is 14.5. The Morgan fingerprint density at radius 3 is 2.13 bits per heavy atom. The molecule has 1 fully saturated rings. The summed E-state index contributed by atoms with van der Waals surface area (Å²) in [7, 11) is 0. The lowest BCUT2D eigenvalue weighted by atomic mass is 10.1. The maximum Gasteiger partial charge on any atom is 0.256 e. The number of nitriles is 1. The number of para-hydroxylation sites is 1. The molecule has 3 rings (SSSR count). The molecule has 152 valence electrons. The van der Waals surface area contributed by atoms with Gasteiger partial charge >= 0.3 is 0 Å². The molecular formula is C21H21N7O2. The van der Waals surface area contributed by atoms with Gasteiger partial charge in [-0.15, -0.1) is 0 Å². The second kappa shape index (κ2) is 9.34. The van der Waals surface area contributed by atoms with Crippen LogP contribution in [-0.2, 0) is 0 Å². The lowest BCUT2D eigenvalue weighted by Crippen LogP contribution is -2.50. The number of rotatable bonds is 5. The Balaban J connectivity index is 1.68. The molecule has 0 saturated carbocycles. The summed E-state index contributed by atoms with van der Waals surface area (Å²) in [6.07, 6.45) is 0. The smallest absolute Gasteiger partial charge is 0.256 e. The molecule has 0 unspecified atom stereocenters. The average molecular weight is 403 g/mol. The van der Waals surface area contributed by atoms with Crippen LogP contribution in [0, 0.1) is 16.7 Å². The van der Waals surface area contributed by atoms with E-state index in [0.717, 1.165) is 0 Å². The Bertz CT molecular complexity index is 1020. The predicted octanol–water partition coefficient (Wildman–Crippen LogP) is 1.51. The van der Waals surface area contributed by atoms with Crippen molar-refractivity contribution < 1.29 is 9.59 Å². The minimum atomic E-state index is -0.465. The van der Waals surface area contributed by atoms with Crippen LogP contribution in [0.5, 0.6) is 0 Å². The summed E-state index contributed by atoms with van der Waals surface area (Å²) in [5.41, 5.74) is 9.07. The minimum Gasteiger partial charge on any atom is -0.382 e. The predicted molar refractivity (Wildman–Crippen MR) is 113 cm³/mol. The third-order valence-corrected chi connectivity index (χ3v) is 4.68. The zero-order valence-corrected chi connectivity index (χ0v) is 16.2. The van der Waals surface area contributed by atoms with Gasteiger partial charge in [-0.2, -0.15) is 10.4 Å². The van der Waals surface area contributed by atoms with E-state index in [1.807, 2.05) is 18.2 Å². The summed E-state index contributed by atoms with van der Waals surface area (Å²) in [5, 5.41) is 20.1. The fourth-order valence-corrected chi connectivity index (χ4v) is 3.07. The van der Waals surface area contributed by atoms with E-state index in [9.17, 15) is 9.59 Å². The number of hydrazone groups is 1. The van der Waals surface area contributed by atoms with Gasteiger partial charge in [-0.1, -0.05) is 30.3 Å². The van der Waals surface area contributed by atoms with Crippen molar-refractivity contribution in [2.45, 2.75) is 0 Å². The molecule has 2 aromatic carbocycles. The molecule has 0 spiro atoms. The van der Waals surface area contributed by atoms with E-state index < -0.39 is 5.84 Å². The van der Waals surface area contributed by atoms with Gasteiger partial charge in [0, 0.05) is 31.7 Å². The van der Waals surface area contributed by atoms with E-state index in [4.69, 9.17) is 16.4 Å². The average Bonchev–Trinajstić information content (AvgIpc) is 2.79. The van der Waals surface area contributed by atoms with Crippen molar-refractivity contribution in [3.05, 3.63) is 65.7 Å². The van der Waals surface area contributed by atoms with Gasteiger partial charge in [0.1, 0.15) is 6.07 Å². The molecule has 1 saturated heterocycles. The molecule has 9 heteroatoms. The van der Waals surface area contributed by atoms with Crippen LogP contribution in [0.1, 0.15) is 20.7 Å². The number of hydrogen-bond acceptors (Lipinski definition) is 6. The van der Waals surface area contributed by atoms with Gasteiger partial charge in [0.25, 0.3) is 11.8 Å². The first-order valence-electron chi connectivity index (χ1n) is 9.32. The number of anilines is 1. The fourth-order valence-electron chi connectivity index (χ4n) is 3.07. The zero-order chi connectivity index (χ0) is 21.5. The number of nitrogens with two attached hydrogens (primary N) is 1. The Kier molecular flexibility index (Phi) is 6.39. The summed E-state index contributed by atoms with van der Waals surface area (Å²) in [5.74, 6) is -0.721. The molecule has 1 heterocycles. The lowest BCUT2D eigenvalue weighted by Gasteiger charge is -2.35. The van der Waals surface area contributed by atoms with Gasteiger partial charge in [0.15, 0.2) is 5.84 Å². The highest BCUT2D eigenvalue weighted by atomic mass is 16.2. The first-order valence-corrected chi connectivity index (χ1v) is 9.32. The Morgan fingerprint density at radius 2 is 1.53 bits per heavy atom. The summed E-state index contributed by atoms with van der Waals surface area (Å²) in [4.78, 5) is 29.0. The molecule has 4 N–H and O–H groups in total. The third kappa shape index (κ3) is 4.62. The topological polar surface area (TPSA) is 139 Å². The van der Waals surface area contributed by atoms with E-state index >= 15 is 0 Å². The summed E-state index contributed by atoms with van der Waals surface area (Å²) >= 11 is 0. The minimum absolute atomic E-state index is 0.0487. The van der Waals surface area contributed by atoms with Crippen LogP contribution in [0.2, 0.25) is 0 Å². The van der Waals surface area contributed by atoms with Gasteiger partial charge in [0.05, 0.1) is 11.3 Å².